The summed E-state index contributed by atoms with van der Waals surface area (Å²) in [5.41, 5.74) is 2.34. The predicted octanol–water partition coefficient (Wildman–Crippen LogP) is 4.40. The van der Waals surface area contributed by atoms with Crippen molar-refractivity contribution in [3.63, 3.8) is 0 Å². The van der Waals surface area contributed by atoms with Gasteiger partial charge in [0, 0.05) is 17.8 Å². The number of hydrogen-bond acceptors (Lipinski definition) is 5. The molecule has 172 valence electrons. The maximum atomic E-state index is 13.0. The zero-order chi connectivity index (χ0) is 23.2. The van der Waals surface area contributed by atoms with E-state index in [1.165, 1.54) is 6.42 Å². The monoisotopic (exact) mass is 447 g/mol. The summed E-state index contributed by atoms with van der Waals surface area (Å²) in [6.07, 6.45) is 6.01. The Morgan fingerprint density at radius 1 is 1.06 bits per heavy atom. The average molecular weight is 448 g/mol. The number of amides is 1. The lowest BCUT2D eigenvalue weighted by Gasteiger charge is -2.29. The molecule has 1 amide bonds. The summed E-state index contributed by atoms with van der Waals surface area (Å²) in [6.45, 7) is 1.83. The lowest BCUT2D eigenvalue weighted by molar-refractivity contribution is -0.125. The maximum absolute atomic E-state index is 13.0. The highest BCUT2D eigenvalue weighted by molar-refractivity contribution is 5.97. The second-order valence-corrected chi connectivity index (χ2v) is 8.41. The van der Waals surface area contributed by atoms with Crippen molar-refractivity contribution in [2.45, 2.75) is 38.6 Å². The van der Waals surface area contributed by atoms with Crippen molar-refractivity contribution in [3.8, 4) is 22.7 Å². The van der Waals surface area contributed by atoms with Crippen molar-refractivity contribution >= 4 is 11.9 Å². The van der Waals surface area contributed by atoms with E-state index in [4.69, 9.17) is 9.47 Å². The largest absolute Gasteiger partial charge is 0.497 e. The number of carbonyl (C=O) groups excluding carboxylic acids is 2. The van der Waals surface area contributed by atoms with Crippen LogP contribution in [-0.4, -0.2) is 41.4 Å². The molecule has 3 aromatic rings. The predicted molar refractivity (Wildman–Crippen MR) is 125 cm³/mol. The van der Waals surface area contributed by atoms with Gasteiger partial charge in [0.15, 0.2) is 6.61 Å². The molecule has 0 spiro atoms. The van der Waals surface area contributed by atoms with Crippen LogP contribution in [0, 0.1) is 5.92 Å². The zero-order valence-corrected chi connectivity index (χ0v) is 19.0. The number of aromatic nitrogens is 2. The summed E-state index contributed by atoms with van der Waals surface area (Å²) in [6, 6.07) is 17.0. The Bertz CT molecular complexity index is 1090. The number of para-hydroxylation sites is 1. The van der Waals surface area contributed by atoms with Crippen LogP contribution in [0.25, 0.3) is 16.9 Å². The van der Waals surface area contributed by atoms with Crippen LogP contribution in [-0.2, 0) is 9.53 Å². The molecular formula is C26H29N3O4. The summed E-state index contributed by atoms with van der Waals surface area (Å²) < 4.78 is 12.3. The van der Waals surface area contributed by atoms with Gasteiger partial charge in [-0.15, -0.1) is 0 Å². The molecule has 1 aliphatic carbocycles. The molecule has 1 saturated carbocycles. The number of benzene rings is 2. The smallest absolute Gasteiger partial charge is 0.342 e. The van der Waals surface area contributed by atoms with Crippen molar-refractivity contribution in [2.24, 2.45) is 5.92 Å². The van der Waals surface area contributed by atoms with Crippen LogP contribution in [0.15, 0.2) is 60.8 Å². The Kier molecular flexibility index (Phi) is 7.07. The van der Waals surface area contributed by atoms with Crippen LogP contribution in [0.4, 0.5) is 0 Å². The van der Waals surface area contributed by atoms with E-state index >= 15 is 0 Å². The second-order valence-electron chi connectivity index (χ2n) is 8.41. The fraction of sp³-hybridized carbons (Fsp3) is 0.346. The van der Waals surface area contributed by atoms with Crippen molar-refractivity contribution in [1.29, 1.82) is 0 Å². The molecule has 1 N–H and O–H groups in total. The Balaban J connectivity index is 1.52. The molecule has 7 heteroatoms. The van der Waals surface area contributed by atoms with Crippen molar-refractivity contribution in [1.82, 2.24) is 15.1 Å². The lowest BCUT2D eigenvalue weighted by atomic mass is 9.86. The van der Waals surface area contributed by atoms with Gasteiger partial charge < -0.3 is 14.8 Å². The van der Waals surface area contributed by atoms with Gasteiger partial charge in [-0.2, -0.15) is 5.10 Å². The topological polar surface area (TPSA) is 82.5 Å². The van der Waals surface area contributed by atoms with E-state index in [2.05, 4.69) is 17.3 Å². The van der Waals surface area contributed by atoms with Gasteiger partial charge in [-0.3, -0.25) is 4.79 Å². The van der Waals surface area contributed by atoms with Crippen LogP contribution < -0.4 is 10.1 Å². The first-order valence-corrected chi connectivity index (χ1v) is 11.3. The van der Waals surface area contributed by atoms with E-state index in [9.17, 15) is 9.59 Å². The third kappa shape index (κ3) is 5.42. The summed E-state index contributed by atoms with van der Waals surface area (Å²) >= 11 is 0. The SMILES string of the molecule is COc1ccc(-c2nn(-c3ccccc3)cc2C(=O)OCC(=O)NC2CCCCC2C)cc1. The van der Waals surface area contributed by atoms with Gasteiger partial charge in [0.05, 0.1) is 12.8 Å². The van der Waals surface area contributed by atoms with Gasteiger partial charge in [0.25, 0.3) is 5.91 Å². The molecule has 1 fully saturated rings. The number of rotatable bonds is 7. The van der Waals surface area contributed by atoms with Gasteiger partial charge in [0.2, 0.25) is 0 Å². The molecule has 0 aliphatic heterocycles. The molecule has 1 aromatic heterocycles. The Labute approximate surface area is 193 Å². The second kappa shape index (κ2) is 10.3. The molecule has 33 heavy (non-hydrogen) atoms. The fourth-order valence-corrected chi connectivity index (χ4v) is 4.19. The molecule has 2 unspecified atom stereocenters. The Morgan fingerprint density at radius 2 is 1.79 bits per heavy atom. The van der Waals surface area contributed by atoms with E-state index in [-0.39, 0.29) is 18.6 Å². The fourth-order valence-electron chi connectivity index (χ4n) is 4.19. The Morgan fingerprint density at radius 3 is 2.48 bits per heavy atom. The summed E-state index contributed by atoms with van der Waals surface area (Å²) in [5.74, 6) is 0.279. The van der Waals surface area contributed by atoms with Crippen LogP contribution in [0.5, 0.6) is 5.75 Å². The van der Waals surface area contributed by atoms with Gasteiger partial charge in [-0.25, -0.2) is 9.48 Å². The highest BCUT2D eigenvalue weighted by atomic mass is 16.5. The standard InChI is InChI=1S/C26H29N3O4/c1-18-8-6-7-11-23(18)27-24(30)17-33-26(31)22-16-29(20-9-4-3-5-10-20)28-25(22)19-12-14-21(32-2)15-13-19/h3-5,9-10,12-16,18,23H,6-8,11,17H2,1-2H3,(H,27,30). The average Bonchev–Trinajstić information content (AvgIpc) is 3.30. The first kappa shape index (κ1) is 22.6. The number of methoxy groups -OCH3 is 1. The first-order chi connectivity index (χ1) is 16.0. The lowest BCUT2D eigenvalue weighted by Crippen LogP contribution is -2.42. The quantitative estimate of drug-likeness (QED) is 0.543. The molecule has 1 aliphatic rings. The van der Waals surface area contributed by atoms with Crippen LogP contribution in [0.2, 0.25) is 0 Å². The van der Waals surface area contributed by atoms with E-state index in [0.717, 1.165) is 30.5 Å². The molecular weight excluding hydrogens is 418 g/mol. The number of hydrogen-bond donors (Lipinski definition) is 1. The highest BCUT2D eigenvalue weighted by Crippen LogP contribution is 2.27. The van der Waals surface area contributed by atoms with Crippen molar-refractivity contribution in [3.05, 3.63) is 66.4 Å². The van der Waals surface area contributed by atoms with E-state index in [0.29, 0.717) is 22.9 Å². The molecule has 2 atom stereocenters. The van der Waals surface area contributed by atoms with Crippen LogP contribution >= 0.6 is 0 Å². The van der Waals surface area contributed by atoms with E-state index in [1.807, 2.05) is 54.6 Å². The first-order valence-electron chi connectivity index (χ1n) is 11.3. The molecule has 7 nitrogen and oxygen atoms in total. The molecule has 0 bridgehead atoms. The normalized spacial score (nSPS) is 17.9. The number of nitrogens with one attached hydrogen (secondary N) is 1. The minimum Gasteiger partial charge on any atom is -0.497 e. The zero-order valence-electron chi connectivity index (χ0n) is 19.0. The maximum Gasteiger partial charge on any atom is 0.342 e. The van der Waals surface area contributed by atoms with Gasteiger partial charge in [-0.1, -0.05) is 38.0 Å². The Hall–Kier alpha value is -3.61. The van der Waals surface area contributed by atoms with Gasteiger partial charge >= 0.3 is 5.97 Å². The van der Waals surface area contributed by atoms with Crippen LogP contribution in [0.1, 0.15) is 43.0 Å². The third-order valence-corrected chi connectivity index (χ3v) is 6.11. The summed E-state index contributed by atoms with van der Waals surface area (Å²) in [7, 11) is 1.60. The minimum atomic E-state index is -0.588. The van der Waals surface area contributed by atoms with E-state index < -0.39 is 5.97 Å². The molecule has 1 heterocycles. The number of nitrogens with zero attached hydrogens (tertiary/aromatic N) is 2. The number of ether oxygens (including phenoxy) is 2. The summed E-state index contributed by atoms with van der Waals surface area (Å²) in [4.78, 5) is 25.4. The highest BCUT2D eigenvalue weighted by Gasteiger charge is 2.24. The molecule has 2 aromatic carbocycles. The van der Waals surface area contributed by atoms with Gasteiger partial charge in [-0.05, 0) is 55.2 Å². The molecule has 0 radical (unpaired) electrons. The van der Waals surface area contributed by atoms with E-state index in [1.54, 1.807) is 18.0 Å². The summed E-state index contributed by atoms with van der Waals surface area (Å²) in [5, 5.41) is 7.65. The minimum absolute atomic E-state index is 0.139. The molecule has 4 rings (SSSR count). The number of carbonyl (C=O) groups is 2. The van der Waals surface area contributed by atoms with Gasteiger partial charge in [0.1, 0.15) is 17.0 Å². The van der Waals surface area contributed by atoms with Crippen LogP contribution in [0.3, 0.4) is 0 Å². The molecule has 0 saturated heterocycles. The third-order valence-electron chi connectivity index (χ3n) is 6.11. The van der Waals surface area contributed by atoms with Crippen molar-refractivity contribution in [2.75, 3.05) is 13.7 Å². The van der Waals surface area contributed by atoms with Crippen molar-refractivity contribution < 1.29 is 19.1 Å². The number of esters is 1.